The van der Waals surface area contributed by atoms with E-state index in [0.29, 0.717) is 11.1 Å². The Balaban J connectivity index is 1.51. The van der Waals surface area contributed by atoms with Crippen LogP contribution in [0.2, 0.25) is 0 Å². The van der Waals surface area contributed by atoms with Crippen LogP contribution in [0.1, 0.15) is 40.0 Å². The Kier molecular flexibility index (Phi) is 4.99. The molecule has 3 aromatic rings. The Bertz CT molecular complexity index is 1130. The largest absolute Gasteiger partial charge is 0.490 e. The number of ether oxygens (including phenoxy) is 1. The molecule has 1 aromatic heterocycles. The number of nitro benzene ring substituents is 1. The zero-order chi connectivity index (χ0) is 20.4. The lowest BCUT2D eigenvalue weighted by Gasteiger charge is -2.10. The lowest BCUT2D eigenvalue weighted by Crippen LogP contribution is -2.17. The minimum Gasteiger partial charge on any atom is -0.490 e. The second-order valence-electron chi connectivity index (χ2n) is 6.94. The quantitative estimate of drug-likeness (QED) is 0.392. The van der Waals surface area contributed by atoms with E-state index in [1.807, 2.05) is 12.1 Å². The van der Waals surface area contributed by atoms with Crippen molar-refractivity contribution in [2.24, 2.45) is 5.10 Å². The van der Waals surface area contributed by atoms with Gasteiger partial charge >= 0.3 is 5.69 Å². The molecule has 8 heteroatoms. The first kappa shape index (κ1) is 18.7. The summed E-state index contributed by atoms with van der Waals surface area (Å²) in [6, 6.07) is 10.0. The highest BCUT2D eigenvalue weighted by atomic mass is 16.6. The molecule has 1 aliphatic rings. The first-order chi connectivity index (χ1) is 14.1. The topological polar surface area (TPSA) is 110 Å². The van der Waals surface area contributed by atoms with Crippen LogP contribution in [0.25, 0.3) is 10.9 Å². The van der Waals surface area contributed by atoms with Gasteiger partial charge in [0.05, 0.1) is 18.2 Å². The van der Waals surface area contributed by atoms with Gasteiger partial charge in [-0.05, 0) is 61.6 Å². The summed E-state index contributed by atoms with van der Waals surface area (Å²) in [5.74, 6) is -0.170. The fraction of sp³-hybridized carbons (Fsp3) is 0.238. The number of hydrogen-bond donors (Lipinski definition) is 2. The number of aryl methyl sites for hydroxylation is 2. The van der Waals surface area contributed by atoms with Crippen LogP contribution < -0.4 is 10.2 Å². The molecule has 8 nitrogen and oxygen atoms in total. The van der Waals surface area contributed by atoms with E-state index in [4.69, 9.17) is 4.74 Å². The normalized spacial score (nSPS) is 13.4. The Morgan fingerprint density at radius 2 is 2.07 bits per heavy atom. The monoisotopic (exact) mass is 392 g/mol. The number of carbonyl (C=O) groups is 1. The van der Waals surface area contributed by atoms with Crippen molar-refractivity contribution in [3.63, 3.8) is 0 Å². The van der Waals surface area contributed by atoms with Crippen molar-refractivity contribution >= 4 is 28.7 Å². The molecule has 0 fully saturated rings. The number of aromatic amines is 1. The van der Waals surface area contributed by atoms with Gasteiger partial charge in [-0.2, -0.15) is 5.10 Å². The number of nitrogens with zero attached hydrogens (tertiary/aromatic N) is 2. The summed E-state index contributed by atoms with van der Waals surface area (Å²) in [6.07, 6.45) is 5.78. The SMILES string of the molecule is COc1ccc(/C=N/NC(=O)c2ccc3[nH]c4c(c3c2)CCCC4)cc1[N+](=O)[O-]. The third-order valence-corrected chi connectivity index (χ3v) is 5.14. The molecule has 0 radical (unpaired) electrons. The van der Waals surface area contributed by atoms with Gasteiger partial charge in [0.25, 0.3) is 5.91 Å². The van der Waals surface area contributed by atoms with E-state index >= 15 is 0 Å². The number of amides is 1. The first-order valence-corrected chi connectivity index (χ1v) is 9.36. The minimum absolute atomic E-state index is 0.162. The van der Waals surface area contributed by atoms with Gasteiger partial charge in [0.2, 0.25) is 0 Å². The second kappa shape index (κ2) is 7.75. The zero-order valence-corrected chi connectivity index (χ0v) is 15.9. The van der Waals surface area contributed by atoms with Gasteiger partial charge in [-0.15, -0.1) is 0 Å². The number of H-pyrrole nitrogens is 1. The van der Waals surface area contributed by atoms with Crippen LogP contribution >= 0.6 is 0 Å². The number of rotatable bonds is 5. The maximum absolute atomic E-state index is 12.5. The summed E-state index contributed by atoms with van der Waals surface area (Å²) in [4.78, 5) is 26.5. The Labute approximate surface area is 166 Å². The van der Waals surface area contributed by atoms with E-state index in [0.717, 1.165) is 30.2 Å². The Morgan fingerprint density at radius 3 is 2.86 bits per heavy atom. The summed E-state index contributed by atoms with van der Waals surface area (Å²) in [6.45, 7) is 0. The second-order valence-corrected chi connectivity index (χ2v) is 6.94. The standard InChI is InChI=1S/C21H20N4O4/c1-29-20-9-6-13(10-19(20)25(27)28)12-22-24-21(26)14-7-8-18-16(11-14)15-4-2-3-5-17(15)23-18/h6-12,23H,2-5H2,1H3,(H,24,26)/b22-12+. The number of methoxy groups -OCH3 is 1. The van der Waals surface area contributed by atoms with E-state index in [1.165, 1.54) is 43.1 Å². The zero-order valence-electron chi connectivity index (χ0n) is 15.9. The minimum atomic E-state index is -0.526. The average molecular weight is 392 g/mol. The summed E-state index contributed by atoms with van der Waals surface area (Å²) < 4.78 is 4.97. The van der Waals surface area contributed by atoms with Crippen LogP contribution in [0, 0.1) is 10.1 Å². The molecule has 29 heavy (non-hydrogen) atoms. The number of nitro groups is 1. The molecule has 1 amide bonds. The summed E-state index contributed by atoms with van der Waals surface area (Å²) in [7, 11) is 1.37. The van der Waals surface area contributed by atoms with Crippen molar-refractivity contribution < 1.29 is 14.5 Å². The molecule has 1 aliphatic carbocycles. The van der Waals surface area contributed by atoms with E-state index < -0.39 is 4.92 Å². The molecular weight excluding hydrogens is 372 g/mol. The summed E-state index contributed by atoms with van der Waals surface area (Å²) in [5.41, 5.74) is 6.93. The Hall–Kier alpha value is -3.68. The third kappa shape index (κ3) is 3.69. The molecule has 0 atom stereocenters. The van der Waals surface area contributed by atoms with Crippen LogP contribution in [0.3, 0.4) is 0 Å². The number of benzene rings is 2. The molecule has 1 heterocycles. The van der Waals surface area contributed by atoms with Crippen molar-refractivity contribution in [3.8, 4) is 5.75 Å². The van der Waals surface area contributed by atoms with Gasteiger partial charge in [-0.3, -0.25) is 14.9 Å². The van der Waals surface area contributed by atoms with E-state index in [9.17, 15) is 14.9 Å². The number of hydrazone groups is 1. The molecule has 0 unspecified atom stereocenters. The highest BCUT2D eigenvalue weighted by Crippen LogP contribution is 2.30. The molecule has 0 saturated heterocycles. The molecule has 0 saturated carbocycles. The van der Waals surface area contributed by atoms with Gasteiger partial charge in [-0.25, -0.2) is 5.43 Å². The maximum atomic E-state index is 12.5. The van der Waals surface area contributed by atoms with Crippen LogP contribution in [-0.4, -0.2) is 29.1 Å². The molecular formula is C21H20N4O4. The molecule has 2 N–H and O–H groups in total. The third-order valence-electron chi connectivity index (χ3n) is 5.14. The predicted octanol–water partition coefficient (Wildman–Crippen LogP) is 3.73. The predicted molar refractivity (Wildman–Crippen MR) is 110 cm³/mol. The number of aromatic nitrogens is 1. The Morgan fingerprint density at radius 1 is 1.24 bits per heavy atom. The van der Waals surface area contributed by atoms with Crippen LogP contribution in [-0.2, 0) is 12.8 Å². The number of fused-ring (bicyclic) bond motifs is 3. The summed E-state index contributed by atoms with van der Waals surface area (Å²) >= 11 is 0. The van der Waals surface area contributed by atoms with Crippen molar-refractivity contribution in [1.82, 2.24) is 10.4 Å². The van der Waals surface area contributed by atoms with Gasteiger partial charge < -0.3 is 9.72 Å². The van der Waals surface area contributed by atoms with Gasteiger partial charge in [0.15, 0.2) is 5.75 Å². The van der Waals surface area contributed by atoms with E-state index in [2.05, 4.69) is 15.5 Å². The molecule has 4 rings (SSSR count). The lowest BCUT2D eigenvalue weighted by atomic mass is 9.95. The van der Waals surface area contributed by atoms with E-state index in [1.54, 1.807) is 12.1 Å². The summed E-state index contributed by atoms with van der Waals surface area (Å²) in [5, 5.41) is 16.1. The molecule has 0 bridgehead atoms. The maximum Gasteiger partial charge on any atom is 0.311 e. The van der Waals surface area contributed by atoms with E-state index in [-0.39, 0.29) is 17.3 Å². The molecule has 0 aliphatic heterocycles. The average Bonchev–Trinajstić information content (AvgIpc) is 3.11. The van der Waals surface area contributed by atoms with Gasteiger partial charge in [-0.1, -0.05) is 0 Å². The lowest BCUT2D eigenvalue weighted by molar-refractivity contribution is -0.385. The fourth-order valence-electron chi connectivity index (χ4n) is 3.71. The fourth-order valence-corrected chi connectivity index (χ4v) is 3.71. The van der Waals surface area contributed by atoms with Gasteiger partial charge in [0.1, 0.15) is 0 Å². The van der Waals surface area contributed by atoms with Crippen molar-refractivity contribution in [1.29, 1.82) is 0 Å². The van der Waals surface area contributed by atoms with Crippen LogP contribution in [0.4, 0.5) is 5.69 Å². The number of carbonyl (C=O) groups excluding carboxylic acids is 1. The molecule has 0 spiro atoms. The molecule has 148 valence electrons. The van der Waals surface area contributed by atoms with Gasteiger partial charge in [0, 0.05) is 33.8 Å². The highest BCUT2D eigenvalue weighted by molar-refractivity contribution is 5.99. The van der Waals surface area contributed by atoms with Crippen molar-refractivity contribution in [3.05, 3.63) is 68.9 Å². The first-order valence-electron chi connectivity index (χ1n) is 9.36. The number of hydrogen-bond acceptors (Lipinski definition) is 5. The highest BCUT2D eigenvalue weighted by Gasteiger charge is 2.17. The number of nitrogens with one attached hydrogen (secondary N) is 2. The smallest absolute Gasteiger partial charge is 0.311 e. The van der Waals surface area contributed by atoms with Crippen LogP contribution in [0.5, 0.6) is 5.75 Å². The van der Waals surface area contributed by atoms with Crippen molar-refractivity contribution in [2.75, 3.05) is 7.11 Å². The van der Waals surface area contributed by atoms with Crippen molar-refractivity contribution in [2.45, 2.75) is 25.7 Å². The van der Waals surface area contributed by atoms with Crippen LogP contribution in [0.15, 0.2) is 41.5 Å². The molecule has 2 aromatic carbocycles.